The number of methoxy groups -OCH3 is 2. The molecule has 0 bridgehead atoms. The summed E-state index contributed by atoms with van der Waals surface area (Å²) in [5.74, 6) is 2.82. The monoisotopic (exact) mass is 342 g/mol. The van der Waals surface area contributed by atoms with Crippen molar-refractivity contribution in [2.45, 2.75) is 38.6 Å². The third-order valence-electron chi connectivity index (χ3n) is 4.94. The van der Waals surface area contributed by atoms with Gasteiger partial charge < -0.3 is 18.8 Å². The average Bonchev–Trinajstić information content (AvgIpc) is 3.41. The molecule has 1 aromatic heterocycles. The number of amides is 1. The Balaban J connectivity index is 1.58. The average molecular weight is 342 g/mol. The van der Waals surface area contributed by atoms with Crippen molar-refractivity contribution >= 4 is 5.91 Å². The molecule has 0 atom stereocenters. The molecule has 2 aromatic rings. The summed E-state index contributed by atoms with van der Waals surface area (Å²) in [4.78, 5) is 19.2. The molecule has 0 spiro atoms. The highest BCUT2D eigenvalue weighted by Gasteiger charge is 2.33. The van der Waals surface area contributed by atoms with Crippen LogP contribution in [0.1, 0.15) is 52.0 Å². The van der Waals surface area contributed by atoms with Gasteiger partial charge in [0.15, 0.2) is 17.4 Å². The van der Waals surface area contributed by atoms with Gasteiger partial charge in [-0.1, -0.05) is 0 Å². The summed E-state index contributed by atoms with van der Waals surface area (Å²) in [5, 5.41) is 0. The molecule has 1 amide bonds. The lowest BCUT2D eigenvalue weighted by molar-refractivity contribution is 0.0699. The number of aromatic nitrogens is 1. The quantitative estimate of drug-likeness (QED) is 0.854. The number of nitrogens with zero attached hydrogens (tertiary/aromatic N) is 2. The third-order valence-corrected chi connectivity index (χ3v) is 4.94. The molecule has 1 aromatic carbocycles. The van der Waals surface area contributed by atoms with E-state index in [1.54, 1.807) is 14.2 Å². The molecule has 0 N–H and O–H groups in total. The molecule has 6 nitrogen and oxygen atoms in total. The Labute approximate surface area is 146 Å². The zero-order chi connectivity index (χ0) is 17.6. The van der Waals surface area contributed by atoms with Crippen LogP contribution in [0.25, 0.3) is 0 Å². The van der Waals surface area contributed by atoms with Crippen LogP contribution in [0.15, 0.2) is 16.5 Å². The maximum absolute atomic E-state index is 12.9. The molecule has 2 aliphatic rings. The van der Waals surface area contributed by atoms with E-state index in [1.165, 1.54) is 5.56 Å². The Morgan fingerprint density at radius 1 is 1.20 bits per heavy atom. The molecule has 2 heterocycles. The van der Waals surface area contributed by atoms with E-state index in [0.717, 1.165) is 30.6 Å². The lowest BCUT2D eigenvalue weighted by Gasteiger charge is -2.29. The minimum absolute atomic E-state index is 0.0858. The number of oxazole rings is 1. The molecule has 0 unspecified atom stereocenters. The second-order valence-corrected chi connectivity index (χ2v) is 6.69. The maximum atomic E-state index is 12.9. The molecule has 1 aliphatic heterocycles. The van der Waals surface area contributed by atoms with E-state index in [1.807, 2.05) is 24.0 Å². The van der Waals surface area contributed by atoms with Gasteiger partial charge in [-0.15, -0.1) is 0 Å². The summed E-state index contributed by atoms with van der Waals surface area (Å²) in [6, 6.07) is 3.96. The van der Waals surface area contributed by atoms with E-state index in [-0.39, 0.29) is 5.91 Å². The first-order valence-corrected chi connectivity index (χ1v) is 8.61. The second-order valence-electron chi connectivity index (χ2n) is 6.69. The summed E-state index contributed by atoms with van der Waals surface area (Å²) in [6.45, 7) is 3.03. The number of rotatable bonds is 4. The predicted octanol–water partition coefficient (Wildman–Crippen LogP) is 3.08. The summed E-state index contributed by atoms with van der Waals surface area (Å²) >= 11 is 0. The van der Waals surface area contributed by atoms with Gasteiger partial charge in [-0.3, -0.25) is 4.79 Å². The number of ether oxygens (including phenoxy) is 2. The smallest absolute Gasteiger partial charge is 0.291 e. The first-order valence-electron chi connectivity index (χ1n) is 8.61. The van der Waals surface area contributed by atoms with Gasteiger partial charge in [-0.05, 0) is 49.4 Å². The molecule has 0 radical (unpaired) electrons. The van der Waals surface area contributed by atoms with Crippen molar-refractivity contribution < 1.29 is 18.7 Å². The van der Waals surface area contributed by atoms with Gasteiger partial charge in [0.25, 0.3) is 5.91 Å². The molecule has 0 saturated heterocycles. The van der Waals surface area contributed by atoms with Crippen molar-refractivity contribution in [2.75, 3.05) is 20.8 Å². The summed E-state index contributed by atoms with van der Waals surface area (Å²) in [7, 11) is 3.25. The largest absolute Gasteiger partial charge is 0.493 e. The molecule has 1 aliphatic carbocycles. The van der Waals surface area contributed by atoms with E-state index in [9.17, 15) is 4.79 Å². The van der Waals surface area contributed by atoms with Crippen LogP contribution in [0.4, 0.5) is 0 Å². The van der Waals surface area contributed by atoms with Crippen molar-refractivity contribution in [3.05, 3.63) is 40.6 Å². The van der Waals surface area contributed by atoms with Crippen LogP contribution < -0.4 is 9.47 Å². The first kappa shape index (κ1) is 16.0. The molecule has 6 heteroatoms. The number of carbonyl (C=O) groups is 1. The second kappa shape index (κ2) is 6.10. The highest BCUT2D eigenvalue weighted by Crippen LogP contribution is 2.40. The fourth-order valence-corrected chi connectivity index (χ4v) is 3.32. The van der Waals surface area contributed by atoms with Crippen molar-refractivity contribution in [2.24, 2.45) is 0 Å². The van der Waals surface area contributed by atoms with Crippen LogP contribution in [-0.4, -0.2) is 36.6 Å². The van der Waals surface area contributed by atoms with Crippen LogP contribution in [0.3, 0.4) is 0 Å². The summed E-state index contributed by atoms with van der Waals surface area (Å²) in [6.07, 6.45) is 2.99. The van der Waals surface area contributed by atoms with Gasteiger partial charge in [0.1, 0.15) is 0 Å². The van der Waals surface area contributed by atoms with Crippen molar-refractivity contribution in [1.82, 2.24) is 9.88 Å². The third kappa shape index (κ3) is 2.86. The standard InChI is InChI=1S/C19H22N2O4/c1-11-17(25-18(20-11)12-4-5-12)19(22)21-7-6-13-8-15(23-2)16(24-3)9-14(13)10-21/h8-9,12H,4-7,10H2,1-3H3. The molecule has 1 fully saturated rings. The number of hydrogen-bond acceptors (Lipinski definition) is 5. The van der Waals surface area contributed by atoms with Crippen LogP contribution in [0, 0.1) is 6.92 Å². The van der Waals surface area contributed by atoms with Gasteiger partial charge in [0.2, 0.25) is 5.76 Å². The highest BCUT2D eigenvalue weighted by atomic mass is 16.5. The van der Waals surface area contributed by atoms with E-state index in [0.29, 0.717) is 42.1 Å². The summed E-state index contributed by atoms with van der Waals surface area (Å²) in [5.41, 5.74) is 2.96. The Kier molecular flexibility index (Phi) is 3.90. The molecular weight excluding hydrogens is 320 g/mol. The molecular formula is C19H22N2O4. The van der Waals surface area contributed by atoms with Crippen LogP contribution in [-0.2, 0) is 13.0 Å². The van der Waals surface area contributed by atoms with Gasteiger partial charge in [0, 0.05) is 19.0 Å². The summed E-state index contributed by atoms with van der Waals surface area (Å²) < 4.78 is 16.5. The Hall–Kier alpha value is -2.50. The normalized spacial score (nSPS) is 16.5. The number of carbonyl (C=O) groups excluding carboxylic acids is 1. The van der Waals surface area contributed by atoms with Gasteiger partial charge >= 0.3 is 0 Å². The fraction of sp³-hybridized carbons (Fsp3) is 0.474. The van der Waals surface area contributed by atoms with Gasteiger partial charge in [0.05, 0.1) is 19.9 Å². The minimum atomic E-state index is -0.0858. The van der Waals surface area contributed by atoms with Crippen LogP contribution in [0.5, 0.6) is 11.5 Å². The zero-order valence-corrected chi connectivity index (χ0v) is 14.8. The highest BCUT2D eigenvalue weighted by molar-refractivity contribution is 5.92. The fourth-order valence-electron chi connectivity index (χ4n) is 3.32. The van der Waals surface area contributed by atoms with E-state index in [4.69, 9.17) is 13.9 Å². The maximum Gasteiger partial charge on any atom is 0.291 e. The SMILES string of the molecule is COc1cc2c(cc1OC)CN(C(=O)c1oc(C3CC3)nc1C)CC2. The molecule has 4 rings (SSSR count). The van der Waals surface area contributed by atoms with E-state index in [2.05, 4.69) is 4.98 Å². The topological polar surface area (TPSA) is 64.8 Å². The Morgan fingerprint density at radius 3 is 2.52 bits per heavy atom. The van der Waals surface area contributed by atoms with E-state index >= 15 is 0 Å². The lowest BCUT2D eigenvalue weighted by Crippen LogP contribution is -2.36. The molecule has 1 saturated carbocycles. The van der Waals surface area contributed by atoms with Crippen LogP contribution in [0.2, 0.25) is 0 Å². The van der Waals surface area contributed by atoms with Crippen molar-refractivity contribution in [3.63, 3.8) is 0 Å². The Bertz CT molecular complexity index is 823. The number of benzene rings is 1. The van der Waals surface area contributed by atoms with Crippen molar-refractivity contribution in [1.29, 1.82) is 0 Å². The van der Waals surface area contributed by atoms with Gasteiger partial charge in [-0.25, -0.2) is 4.98 Å². The Morgan fingerprint density at radius 2 is 1.88 bits per heavy atom. The molecule has 25 heavy (non-hydrogen) atoms. The minimum Gasteiger partial charge on any atom is -0.493 e. The van der Waals surface area contributed by atoms with E-state index < -0.39 is 0 Å². The van der Waals surface area contributed by atoms with Crippen molar-refractivity contribution in [3.8, 4) is 11.5 Å². The molecule has 132 valence electrons. The first-order chi connectivity index (χ1) is 12.1. The number of hydrogen-bond donors (Lipinski definition) is 0. The number of aryl methyl sites for hydroxylation is 1. The number of fused-ring (bicyclic) bond motifs is 1. The predicted molar refractivity (Wildman–Crippen MR) is 91.2 cm³/mol. The lowest BCUT2D eigenvalue weighted by atomic mass is 9.98. The van der Waals surface area contributed by atoms with Gasteiger partial charge in [-0.2, -0.15) is 0 Å². The zero-order valence-electron chi connectivity index (χ0n) is 14.8. The van der Waals surface area contributed by atoms with Crippen LogP contribution >= 0.6 is 0 Å².